The Kier molecular flexibility index (Phi) is 10.5. The predicted octanol–water partition coefficient (Wildman–Crippen LogP) is 6.53. The van der Waals surface area contributed by atoms with Crippen LogP contribution in [0.15, 0.2) is 71.6 Å². The number of sulfonamides is 1. The third-order valence-corrected chi connectivity index (χ3v) is 8.85. The Bertz CT molecular complexity index is 1490. The molecular formula is C31H37Cl2N3O4S. The molecule has 0 bridgehead atoms. The van der Waals surface area contributed by atoms with Crippen LogP contribution in [0.4, 0.5) is 5.69 Å². The van der Waals surface area contributed by atoms with Gasteiger partial charge in [-0.1, -0.05) is 60.5 Å². The van der Waals surface area contributed by atoms with Crippen LogP contribution >= 0.6 is 23.2 Å². The molecule has 0 aliphatic carbocycles. The molecule has 0 aliphatic rings. The number of aryl methyl sites for hydroxylation is 2. The molecule has 10 heteroatoms. The Morgan fingerprint density at radius 2 is 1.51 bits per heavy atom. The van der Waals surface area contributed by atoms with Gasteiger partial charge in [-0.3, -0.25) is 13.9 Å². The first-order chi connectivity index (χ1) is 19.1. The monoisotopic (exact) mass is 617 g/mol. The fraction of sp³-hybridized carbons (Fsp3) is 0.355. The molecule has 1 atom stereocenters. The topological polar surface area (TPSA) is 86.8 Å². The Hall–Kier alpha value is -3.07. The van der Waals surface area contributed by atoms with Crippen LogP contribution in [-0.4, -0.2) is 43.3 Å². The number of amides is 2. The quantitative estimate of drug-likeness (QED) is 0.280. The van der Waals surface area contributed by atoms with Crippen molar-refractivity contribution in [2.75, 3.05) is 10.8 Å². The van der Waals surface area contributed by atoms with E-state index < -0.39 is 34.1 Å². The van der Waals surface area contributed by atoms with Gasteiger partial charge in [-0.15, -0.1) is 0 Å². The van der Waals surface area contributed by atoms with E-state index in [0.29, 0.717) is 27.7 Å². The van der Waals surface area contributed by atoms with Crippen molar-refractivity contribution in [3.8, 4) is 0 Å². The fourth-order valence-electron chi connectivity index (χ4n) is 4.55. The third kappa shape index (κ3) is 8.47. The summed E-state index contributed by atoms with van der Waals surface area (Å²) in [6.07, 6.45) is 0.309. The van der Waals surface area contributed by atoms with Gasteiger partial charge in [0.2, 0.25) is 11.8 Å². The van der Waals surface area contributed by atoms with Gasteiger partial charge in [0.1, 0.15) is 12.6 Å². The van der Waals surface area contributed by atoms with Crippen molar-refractivity contribution < 1.29 is 18.0 Å². The molecule has 0 aliphatic heterocycles. The molecule has 220 valence electrons. The van der Waals surface area contributed by atoms with Gasteiger partial charge >= 0.3 is 0 Å². The standard InChI is InChI=1S/C31H37Cl2N3O4S/c1-7-28(30(38)34-31(4,5)6)35(19-23-13-14-26(32)27(33)18-23)29(37)20-36(24-16-21(2)15-22(3)17-24)41(39,40)25-11-9-8-10-12-25/h8-18,28H,7,19-20H2,1-6H3,(H,34,38)/t28-/m1/s1. The minimum atomic E-state index is -4.14. The summed E-state index contributed by atoms with van der Waals surface area (Å²) < 4.78 is 29.0. The second-order valence-electron chi connectivity index (χ2n) is 11.1. The number of anilines is 1. The minimum absolute atomic E-state index is 0.0257. The summed E-state index contributed by atoms with van der Waals surface area (Å²) in [5.74, 6) is -0.872. The average Bonchev–Trinajstić information content (AvgIpc) is 2.87. The van der Waals surface area contributed by atoms with E-state index >= 15 is 0 Å². The fourth-order valence-corrected chi connectivity index (χ4v) is 6.29. The molecule has 0 aromatic heterocycles. The van der Waals surface area contributed by atoms with E-state index in [4.69, 9.17) is 23.2 Å². The van der Waals surface area contributed by atoms with Crippen LogP contribution in [0.5, 0.6) is 0 Å². The van der Waals surface area contributed by atoms with Crippen molar-refractivity contribution in [1.29, 1.82) is 0 Å². The van der Waals surface area contributed by atoms with Crippen molar-refractivity contribution >= 4 is 50.7 Å². The predicted molar refractivity (Wildman–Crippen MR) is 166 cm³/mol. The zero-order chi connectivity index (χ0) is 30.5. The zero-order valence-corrected chi connectivity index (χ0v) is 26.6. The number of nitrogens with zero attached hydrogens (tertiary/aromatic N) is 2. The third-order valence-electron chi connectivity index (χ3n) is 6.33. The first-order valence-electron chi connectivity index (χ1n) is 13.3. The van der Waals surface area contributed by atoms with Gasteiger partial charge in [0.15, 0.2) is 0 Å². The number of benzene rings is 3. The van der Waals surface area contributed by atoms with Crippen molar-refractivity contribution in [1.82, 2.24) is 10.2 Å². The normalized spacial score (nSPS) is 12.5. The van der Waals surface area contributed by atoms with Gasteiger partial charge in [-0.2, -0.15) is 0 Å². The lowest BCUT2D eigenvalue weighted by Gasteiger charge is -2.35. The van der Waals surface area contributed by atoms with Crippen LogP contribution in [-0.2, 0) is 26.2 Å². The number of hydrogen-bond acceptors (Lipinski definition) is 4. The number of carbonyl (C=O) groups is 2. The van der Waals surface area contributed by atoms with Gasteiger partial charge in [-0.05, 0) is 94.1 Å². The Morgan fingerprint density at radius 3 is 2.05 bits per heavy atom. The minimum Gasteiger partial charge on any atom is -0.350 e. The van der Waals surface area contributed by atoms with Crippen LogP contribution in [0.25, 0.3) is 0 Å². The van der Waals surface area contributed by atoms with Gasteiger partial charge < -0.3 is 10.2 Å². The first kappa shape index (κ1) is 32.4. The molecule has 0 spiro atoms. The summed E-state index contributed by atoms with van der Waals surface area (Å²) in [5.41, 5.74) is 2.18. The van der Waals surface area contributed by atoms with Crippen LogP contribution in [0.2, 0.25) is 10.0 Å². The molecule has 0 saturated heterocycles. The lowest BCUT2D eigenvalue weighted by Crippen LogP contribution is -2.55. The largest absolute Gasteiger partial charge is 0.350 e. The van der Waals surface area contributed by atoms with Crippen molar-refractivity contribution in [3.63, 3.8) is 0 Å². The number of halogens is 2. The summed E-state index contributed by atoms with van der Waals surface area (Å²) in [6, 6.07) is 17.5. The lowest BCUT2D eigenvalue weighted by atomic mass is 10.1. The van der Waals surface area contributed by atoms with E-state index in [1.165, 1.54) is 17.0 Å². The molecule has 3 aromatic carbocycles. The molecule has 0 radical (unpaired) electrons. The van der Waals surface area contributed by atoms with Gasteiger partial charge in [0.05, 0.1) is 20.6 Å². The number of rotatable bonds is 10. The van der Waals surface area contributed by atoms with Crippen molar-refractivity contribution in [2.45, 2.75) is 71.0 Å². The summed E-state index contributed by atoms with van der Waals surface area (Å²) in [5, 5.41) is 3.63. The van der Waals surface area contributed by atoms with E-state index in [0.717, 1.165) is 15.4 Å². The Labute approximate surface area is 253 Å². The maximum atomic E-state index is 14.2. The molecule has 41 heavy (non-hydrogen) atoms. The Balaban J connectivity index is 2.11. The van der Waals surface area contributed by atoms with Crippen LogP contribution in [0.3, 0.4) is 0 Å². The molecule has 0 fully saturated rings. The highest BCUT2D eigenvalue weighted by Gasteiger charge is 2.34. The summed E-state index contributed by atoms with van der Waals surface area (Å²) >= 11 is 12.4. The molecule has 3 rings (SSSR count). The molecule has 1 N–H and O–H groups in total. The molecule has 2 amide bonds. The molecule has 0 saturated carbocycles. The molecule has 7 nitrogen and oxygen atoms in total. The van der Waals surface area contributed by atoms with E-state index in [1.807, 2.05) is 47.6 Å². The summed E-state index contributed by atoms with van der Waals surface area (Å²) in [7, 11) is -4.14. The second kappa shape index (κ2) is 13.3. The van der Waals surface area contributed by atoms with E-state index in [-0.39, 0.29) is 17.3 Å². The van der Waals surface area contributed by atoms with E-state index in [2.05, 4.69) is 5.32 Å². The number of hydrogen-bond donors (Lipinski definition) is 1. The maximum Gasteiger partial charge on any atom is 0.264 e. The number of nitrogens with one attached hydrogen (secondary N) is 1. The van der Waals surface area contributed by atoms with Gasteiger partial charge in [0, 0.05) is 12.1 Å². The molecular weight excluding hydrogens is 581 g/mol. The highest BCUT2D eigenvalue weighted by molar-refractivity contribution is 7.92. The van der Waals surface area contributed by atoms with Crippen LogP contribution in [0.1, 0.15) is 50.8 Å². The van der Waals surface area contributed by atoms with Gasteiger partial charge in [-0.25, -0.2) is 8.42 Å². The lowest BCUT2D eigenvalue weighted by molar-refractivity contribution is -0.141. The molecule has 0 heterocycles. The zero-order valence-electron chi connectivity index (χ0n) is 24.2. The van der Waals surface area contributed by atoms with Crippen molar-refractivity contribution in [3.05, 3.63) is 93.5 Å². The van der Waals surface area contributed by atoms with Crippen LogP contribution in [0, 0.1) is 13.8 Å². The maximum absolute atomic E-state index is 14.2. The molecule has 0 unspecified atom stereocenters. The highest BCUT2D eigenvalue weighted by Crippen LogP contribution is 2.28. The highest BCUT2D eigenvalue weighted by atomic mass is 35.5. The Morgan fingerprint density at radius 1 is 0.902 bits per heavy atom. The van der Waals surface area contributed by atoms with E-state index in [9.17, 15) is 18.0 Å². The van der Waals surface area contributed by atoms with E-state index in [1.54, 1.807) is 48.5 Å². The number of carbonyl (C=O) groups excluding carboxylic acids is 2. The molecule has 3 aromatic rings. The van der Waals surface area contributed by atoms with Crippen LogP contribution < -0.4 is 9.62 Å². The second-order valence-corrected chi connectivity index (χ2v) is 13.8. The average molecular weight is 619 g/mol. The van der Waals surface area contributed by atoms with Crippen molar-refractivity contribution in [2.24, 2.45) is 0 Å². The summed E-state index contributed by atoms with van der Waals surface area (Å²) in [4.78, 5) is 29.1. The summed E-state index contributed by atoms with van der Waals surface area (Å²) in [6.45, 7) is 10.6. The SMILES string of the molecule is CC[C@H](C(=O)NC(C)(C)C)N(Cc1ccc(Cl)c(Cl)c1)C(=O)CN(c1cc(C)cc(C)c1)S(=O)(=O)c1ccccc1. The smallest absolute Gasteiger partial charge is 0.264 e. The first-order valence-corrected chi connectivity index (χ1v) is 15.5. The van der Waals surface area contributed by atoms with Gasteiger partial charge in [0.25, 0.3) is 10.0 Å².